The third-order valence-electron chi connectivity index (χ3n) is 3.74. The summed E-state index contributed by atoms with van der Waals surface area (Å²) in [6.07, 6.45) is 1.53. The van der Waals surface area contributed by atoms with Crippen molar-refractivity contribution in [2.45, 2.75) is 40.2 Å². The molecule has 0 radical (unpaired) electrons. The molecule has 3 nitrogen and oxygen atoms in total. The maximum absolute atomic E-state index is 5.68. The summed E-state index contributed by atoms with van der Waals surface area (Å²) in [7, 11) is 0. The SMILES string of the molecule is CC(C)C(CNCCC1CNCCO1)C(C)C. The summed E-state index contributed by atoms with van der Waals surface area (Å²) >= 11 is 0. The smallest absolute Gasteiger partial charge is 0.0712 e. The Hall–Kier alpha value is -0.120. The molecular weight excluding hydrogens is 212 g/mol. The topological polar surface area (TPSA) is 33.3 Å². The van der Waals surface area contributed by atoms with Crippen LogP contribution in [0.1, 0.15) is 34.1 Å². The summed E-state index contributed by atoms with van der Waals surface area (Å²) in [5.74, 6) is 2.30. The molecular formula is C14H30N2O. The van der Waals surface area contributed by atoms with Crippen molar-refractivity contribution in [3.63, 3.8) is 0 Å². The Morgan fingerprint density at radius 2 is 1.94 bits per heavy atom. The summed E-state index contributed by atoms with van der Waals surface area (Å²) in [6, 6.07) is 0. The first-order chi connectivity index (χ1) is 8.11. The molecule has 102 valence electrons. The summed E-state index contributed by atoms with van der Waals surface area (Å²) in [5, 5.41) is 6.96. The zero-order chi connectivity index (χ0) is 12.7. The molecule has 1 aliphatic heterocycles. The largest absolute Gasteiger partial charge is 0.376 e. The van der Waals surface area contributed by atoms with E-state index in [0.717, 1.165) is 57.0 Å². The molecule has 0 bridgehead atoms. The standard InChI is InChI=1S/C14H30N2O/c1-11(2)14(12(3)4)10-15-6-5-13-9-16-7-8-17-13/h11-16H,5-10H2,1-4H3. The molecule has 0 saturated carbocycles. The monoisotopic (exact) mass is 242 g/mol. The Labute approximate surface area is 107 Å². The maximum atomic E-state index is 5.68. The van der Waals surface area contributed by atoms with Crippen molar-refractivity contribution in [1.82, 2.24) is 10.6 Å². The normalized spacial score (nSPS) is 21.7. The Balaban J connectivity index is 2.09. The molecule has 1 heterocycles. The molecule has 0 spiro atoms. The zero-order valence-electron chi connectivity index (χ0n) is 12.0. The van der Waals surface area contributed by atoms with Crippen molar-refractivity contribution in [1.29, 1.82) is 0 Å². The molecule has 1 unspecified atom stereocenters. The van der Waals surface area contributed by atoms with Crippen LogP contribution in [0.2, 0.25) is 0 Å². The van der Waals surface area contributed by atoms with Crippen molar-refractivity contribution in [2.24, 2.45) is 17.8 Å². The van der Waals surface area contributed by atoms with Crippen LogP contribution in [-0.2, 0) is 4.74 Å². The van der Waals surface area contributed by atoms with Crippen LogP contribution < -0.4 is 10.6 Å². The fourth-order valence-corrected chi connectivity index (χ4v) is 2.58. The van der Waals surface area contributed by atoms with Gasteiger partial charge in [0, 0.05) is 13.1 Å². The number of morpholine rings is 1. The fraction of sp³-hybridized carbons (Fsp3) is 1.00. The highest BCUT2D eigenvalue weighted by molar-refractivity contribution is 4.72. The Morgan fingerprint density at radius 1 is 1.24 bits per heavy atom. The number of nitrogens with one attached hydrogen (secondary N) is 2. The van der Waals surface area contributed by atoms with Gasteiger partial charge >= 0.3 is 0 Å². The minimum Gasteiger partial charge on any atom is -0.376 e. The lowest BCUT2D eigenvalue weighted by molar-refractivity contribution is 0.0236. The predicted molar refractivity (Wildman–Crippen MR) is 73.3 cm³/mol. The summed E-state index contributed by atoms with van der Waals surface area (Å²) in [4.78, 5) is 0. The van der Waals surface area contributed by atoms with Crippen LogP contribution in [0.3, 0.4) is 0 Å². The molecule has 0 aromatic heterocycles. The van der Waals surface area contributed by atoms with Crippen molar-refractivity contribution >= 4 is 0 Å². The van der Waals surface area contributed by atoms with Gasteiger partial charge in [-0.15, -0.1) is 0 Å². The van der Waals surface area contributed by atoms with Crippen LogP contribution in [0, 0.1) is 17.8 Å². The van der Waals surface area contributed by atoms with E-state index in [4.69, 9.17) is 4.74 Å². The van der Waals surface area contributed by atoms with E-state index < -0.39 is 0 Å². The third kappa shape index (κ3) is 5.84. The molecule has 1 saturated heterocycles. The number of hydrogen-bond acceptors (Lipinski definition) is 3. The second-order valence-electron chi connectivity index (χ2n) is 5.84. The van der Waals surface area contributed by atoms with Crippen LogP contribution >= 0.6 is 0 Å². The van der Waals surface area contributed by atoms with Gasteiger partial charge in [-0.3, -0.25) is 0 Å². The first-order valence-electron chi connectivity index (χ1n) is 7.14. The van der Waals surface area contributed by atoms with Gasteiger partial charge in [0.25, 0.3) is 0 Å². The molecule has 1 aliphatic rings. The van der Waals surface area contributed by atoms with Crippen molar-refractivity contribution in [3.8, 4) is 0 Å². The van der Waals surface area contributed by atoms with E-state index in [9.17, 15) is 0 Å². The van der Waals surface area contributed by atoms with E-state index in [1.54, 1.807) is 0 Å². The average molecular weight is 242 g/mol. The van der Waals surface area contributed by atoms with Crippen LogP contribution in [0.15, 0.2) is 0 Å². The quantitative estimate of drug-likeness (QED) is 0.669. The van der Waals surface area contributed by atoms with Crippen LogP contribution in [0.25, 0.3) is 0 Å². The van der Waals surface area contributed by atoms with Crippen molar-refractivity contribution < 1.29 is 4.74 Å². The Kier molecular flexibility index (Phi) is 7.09. The first kappa shape index (κ1) is 14.9. The van der Waals surface area contributed by atoms with Gasteiger partial charge in [-0.25, -0.2) is 0 Å². The predicted octanol–water partition coefficient (Wildman–Crippen LogP) is 1.88. The van der Waals surface area contributed by atoms with Gasteiger partial charge in [0.15, 0.2) is 0 Å². The molecule has 1 rings (SSSR count). The molecule has 1 fully saturated rings. The summed E-state index contributed by atoms with van der Waals surface area (Å²) in [5.41, 5.74) is 0. The minimum atomic E-state index is 0.410. The number of hydrogen-bond donors (Lipinski definition) is 2. The van der Waals surface area contributed by atoms with E-state index in [1.165, 1.54) is 0 Å². The molecule has 17 heavy (non-hydrogen) atoms. The minimum absolute atomic E-state index is 0.410. The lowest BCUT2D eigenvalue weighted by Crippen LogP contribution is -2.40. The average Bonchev–Trinajstić information content (AvgIpc) is 2.29. The Morgan fingerprint density at radius 3 is 2.47 bits per heavy atom. The molecule has 0 aromatic carbocycles. The van der Waals surface area contributed by atoms with Gasteiger partial charge < -0.3 is 15.4 Å². The van der Waals surface area contributed by atoms with Crippen LogP contribution in [0.4, 0.5) is 0 Å². The van der Waals surface area contributed by atoms with Gasteiger partial charge in [0.1, 0.15) is 0 Å². The van der Waals surface area contributed by atoms with E-state index in [-0.39, 0.29) is 0 Å². The van der Waals surface area contributed by atoms with Gasteiger partial charge in [0.2, 0.25) is 0 Å². The van der Waals surface area contributed by atoms with Crippen LogP contribution in [0.5, 0.6) is 0 Å². The lowest BCUT2D eigenvalue weighted by Gasteiger charge is -2.27. The summed E-state index contributed by atoms with van der Waals surface area (Å²) < 4.78 is 5.68. The number of rotatable bonds is 7. The summed E-state index contributed by atoms with van der Waals surface area (Å²) in [6.45, 7) is 14.4. The van der Waals surface area contributed by atoms with E-state index in [2.05, 4.69) is 38.3 Å². The molecule has 1 atom stereocenters. The molecule has 0 aromatic rings. The van der Waals surface area contributed by atoms with Crippen molar-refractivity contribution in [2.75, 3.05) is 32.8 Å². The fourth-order valence-electron chi connectivity index (χ4n) is 2.58. The molecule has 0 amide bonds. The molecule has 3 heteroatoms. The highest BCUT2D eigenvalue weighted by Gasteiger charge is 2.17. The van der Waals surface area contributed by atoms with E-state index in [1.807, 2.05) is 0 Å². The number of ether oxygens (including phenoxy) is 1. The van der Waals surface area contributed by atoms with E-state index >= 15 is 0 Å². The van der Waals surface area contributed by atoms with Gasteiger partial charge in [-0.2, -0.15) is 0 Å². The molecule has 0 aliphatic carbocycles. The Bertz CT molecular complexity index is 181. The maximum Gasteiger partial charge on any atom is 0.0712 e. The second kappa shape index (κ2) is 8.06. The molecule has 2 N–H and O–H groups in total. The second-order valence-corrected chi connectivity index (χ2v) is 5.84. The first-order valence-corrected chi connectivity index (χ1v) is 7.14. The van der Waals surface area contributed by atoms with Crippen LogP contribution in [-0.4, -0.2) is 38.9 Å². The highest BCUT2D eigenvalue weighted by Crippen LogP contribution is 2.19. The van der Waals surface area contributed by atoms with Gasteiger partial charge in [-0.05, 0) is 37.3 Å². The zero-order valence-corrected chi connectivity index (χ0v) is 12.0. The highest BCUT2D eigenvalue weighted by atomic mass is 16.5. The van der Waals surface area contributed by atoms with Gasteiger partial charge in [0.05, 0.1) is 12.7 Å². The van der Waals surface area contributed by atoms with Gasteiger partial charge in [-0.1, -0.05) is 27.7 Å². The van der Waals surface area contributed by atoms with E-state index in [0.29, 0.717) is 6.10 Å². The third-order valence-corrected chi connectivity index (χ3v) is 3.74. The van der Waals surface area contributed by atoms with Crippen molar-refractivity contribution in [3.05, 3.63) is 0 Å². The lowest BCUT2D eigenvalue weighted by atomic mass is 9.85.